The zero-order chi connectivity index (χ0) is 22.2. The lowest BCUT2D eigenvalue weighted by Gasteiger charge is -2.33. The van der Waals surface area contributed by atoms with E-state index in [4.69, 9.17) is 5.73 Å². The molecule has 2 fully saturated rings. The van der Waals surface area contributed by atoms with Gasteiger partial charge in [-0.1, -0.05) is 27.2 Å². The SMILES string of the molecule is CCCCN(C(=O)[C@@H]1CS[C@@]2(C)CCC(=O)N12)c1c(N)n(CC(C)C)c(=O)[nH]c1=O. The normalized spacial score (nSPS) is 23.3. The molecule has 9 nitrogen and oxygen atoms in total. The number of anilines is 2. The first-order valence-corrected chi connectivity index (χ1v) is 11.5. The molecule has 0 bridgehead atoms. The molecule has 1 aromatic rings. The van der Waals surface area contributed by atoms with E-state index in [1.165, 1.54) is 9.47 Å². The van der Waals surface area contributed by atoms with Gasteiger partial charge in [-0.15, -0.1) is 11.8 Å². The average molecular weight is 438 g/mol. The van der Waals surface area contributed by atoms with Gasteiger partial charge in [0.15, 0.2) is 5.69 Å². The molecule has 166 valence electrons. The van der Waals surface area contributed by atoms with E-state index >= 15 is 0 Å². The van der Waals surface area contributed by atoms with Crippen molar-refractivity contribution in [2.45, 2.75) is 70.8 Å². The standard InChI is InChI=1S/C20H31N5O4S/c1-5-6-9-23(15-16(21)24(10-12(2)3)19(29)22-17(15)27)18(28)13-11-30-20(4)8-7-14(26)25(13)20/h12-13H,5-11,21H2,1-4H3,(H,22,27,29)/t13-,20-/m0/s1. The second-order valence-electron chi connectivity index (χ2n) is 8.61. The molecule has 3 rings (SSSR count). The Hall–Kier alpha value is -2.23. The van der Waals surface area contributed by atoms with E-state index in [9.17, 15) is 19.2 Å². The molecule has 2 atom stereocenters. The molecule has 0 aliphatic carbocycles. The highest BCUT2D eigenvalue weighted by molar-refractivity contribution is 8.01. The summed E-state index contributed by atoms with van der Waals surface area (Å²) >= 11 is 1.60. The second-order valence-corrected chi connectivity index (χ2v) is 10.1. The third-order valence-corrected chi connectivity index (χ3v) is 7.27. The molecule has 2 saturated heterocycles. The quantitative estimate of drug-likeness (QED) is 0.664. The number of nitrogens with two attached hydrogens (primary N) is 1. The van der Waals surface area contributed by atoms with Gasteiger partial charge < -0.3 is 15.5 Å². The summed E-state index contributed by atoms with van der Waals surface area (Å²) in [5.74, 6) is 0.234. The summed E-state index contributed by atoms with van der Waals surface area (Å²) in [5.41, 5.74) is 5.00. The minimum atomic E-state index is -0.678. The van der Waals surface area contributed by atoms with Crippen molar-refractivity contribution in [1.82, 2.24) is 14.5 Å². The molecule has 0 saturated carbocycles. The van der Waals surface area contributed by atoms with Crippen LogP contribution in [0.1, 0.15) is 53.4 Å². The Labute approximate surface area is 180 Å². The summed E-state index contributed by atoms with van der Waals surface area (Å²) in [6, 6.07) is -0.642. The fraction of sp³-hybridized carbons (Fsp3) is 0.700. The van der Waals surface area contributed by atoms with Crippen LogP contribution in [0.2, 0.25) is 0 Å². The van der Waals surface area contributed by atoms with Crippen LogP contribution in [-0.2, 0) is 16.1 Å². The fourth-order valence-corrected chi connectivity index (χ4v) is 5.64. The molecule has 0 unspecified atom stereocenters. The third-order valence-electron chi connectivity index (χ3n) is 5.76. The lowest BCUT2D eigenvalue weighted by molar-refractivity contribution is -0.136. The maximum Gasteiger partial charge on any atom is 0.330 e. The summed E-state index contributed by atoms with van der Waals surface area (Å²) in [6.45, 7) is 8.46. The van der Waals surface area contributed by atoms with Crippen molar-refractivity contribution in [3.8, 4) is 0 Å². The number of thioether (sulfide) groups is 1. The monoisotopic (exact) mass is 437 g/mol. The molecular formula is C20H31N5O4S. The molecular weight excluding hydrogens is 406 g/mol. The largest absolute Gasteiger partial charge is 0.383 e. The number of amides is 2. The van der Waals surface area contributed by atoms with Crippen LogP contribution in [0.3, 0.4) is 0 Å². The number of carbonyl (C=O) groups excluding carboxylic acids is 2. The minimum absolute atomic E-state index is 0.000973. The minimum Gasteiger partial charge on any atom is -0.383 e. The molecule has 0 spiro atoms. The van der Waals surface area contributed by atoms with Crippen LogP contribution in [0.5, 0.6) is 0 Å². The highest BCUT2D eigenvalue weighted by Crippen LogP contribution is 2.47. The predicted molar refractivity (Wildman–Crippen MR) is 119 cm³/mol. The summed E-state index contributed by atoms with van der Waals surface area (Å²) in [4.78, 5) is 56.2. The van der Waals surface area contributed by atoms with Crippen molar-refractivity contribution in [2.24, 2.45) is 5.92 Å². The number of aromatic nitrogens is 2. The van der Waals surface area contributed by atoms with E-state index in [1.54, 1.807) is 16.7 Å². The lowest BCUT2D eigenvalue weighted by atomic mass is 10.1. The second kappa shape index (κ2) is 8.49. The van der Waals surface area contributed by atoms with Gasteiger partial charge in [0.05, 0.1) is 4.87 Å². The van der Waals surface area contributed by atoms with Crippen molar-refractivity contribution in [3.63, 3.8) is 0 Å². The number of hydrogen-bond acceptors (Lipinski definition) is 6. The van der Waals surface area contributed by atoms with Crippen molar-refractivity contribution >= 4 is 35.1 Å². The van der Waals surface area contributed by atoms with Gasteiger partial charge in [0.2, 0.25) is 5.91 Å². The zero-order valence-corrected chi connectivity index (χ0v) is 18.9. The summed E-state index contributed by atoms with van der Waals surface area (Å²) in [5, 5.41) is 0. The van der Waals surface area contributed by atoms with Gasteiger partial charge in [-0.3, -0.25) is 23.9 Å². The Morgan fingerprint density at radius 3 is 2.70 bits per heavy atom. The van der Waals surface area contributed by atoms with Gasteiger partial charge in [-0.05, 0) is 25.7 Å². The molecule has 0 aromatic carbocycles. The molecule has 2 aliphatic heterocycles. The van der Waals surface area contributed by atoms with E-state index in [-0.39, 0.29) is 34.1 Å². The number of rotatable bonds is 7. The van der Waals surface area contributed by atoms with Gasteiger partial charge in [0, 0.05) is 25.3 Å². The number of fused-ring (bicyclic) bond motifs is 1. The highest BCUT2D eigenvalue weighted by atomic mass is 32.2. The molecule has 2 aliphatic rings. The van der Waals surface area contributed by atoms with E-state index in [1.807, 2.05) is 27.7 Å². The van der Waals surface area contributed by atoms with Crippen molar-refractivity contribution in [2.75, 3.05) is 22.9 Å². The molecule has 30 heavy (non-hydrogen) atoms. The Morgan fingerprint density at radius 1 is 1.37 bits per heavy atom. The first-order chi connectivity index (χ1) is 14.1. The number of nitrogens with zero attached hydrogens (tertiary/aromatic N) is 3. The van der Waals surface area contributed by atoms with Gasteiger partial charge in [-0.2, -0.15) is 0 Å². The number of nitrogens with one attached hydrogen (secondary N) is 1. The Morgan fingerprint density at radius 2 is 2.07 bits per heavy atom. The zero-order valence-electron chi connectivity index (χ0n) is 18.1. The molecule has 10 heteroatoms. The first-order valence-electron chi connectivity index (χ1n) is 10.5. The topological polar surface area (TPSA) is 121 Å². The van der Waals surface area contributed by atoms with Gasteiger partial charge >= 0.3 is 5.69 Å². The summed E-state index contributed by atoms with van der Waals surface area (Å²) in [7, 11) is 0. The van der Waals surface area contributed by atoms with Crippen LogP contribution >= 0.6 is 11.8 Å². The van der Waals surface area contributed by atoms with E-state index < -0.39 is 17.3 Å². The van der Waals surface area contributed by atoms with Crippen molar-refractivity contribution in [1.29, 1.82) is 0 Å². The van der Waals surface area contributed by atoms with Crippen LogP contribution in [-0.4, -0.2) is 49.5 Å². The Bertz CT molecular complexity index is 955. The van der Waals surface area contributed by atoms with Crippen LogP contribution in [0.4, 0.5) is 11.5 Å². The number of unbranched alkanes of at least 4 members (excludes halogenated alkanes) is 1. The van der Waals surface area contributed by atoms with Gasteiger partial charge in [-0.25, -0.2) is 4.79 Å². The number of nitrogen functional groups attached to an aromatic ring is 1. The number of H-pyrrole nitrogens is 1. The van der Waals surface area contributed by atoms with E-state index in [2.05, 4.69) is 4.98 Å². The van der Waals surface area contributed by atoms with Gasteiger partial charge in [0.25, 0.3) is 11.5 Å². The molecule has 1 aromatic heterocycles. The average Bonchev–Trinajstić information content (AvgIpc) is 3.16. The molecule has 3 heterocycles. The highest BCUT2D eigenvalue weighted by Gasteiger charge is 2.53. The summed E-state index contributed by atoms with van der Waals surface area (Å²) in [6.07, 6.45) is 2.60. The Balaban J connectivity index is 2.05. The fourth-order valence-electron chi connectivity index (χ4n) is 4.22. The number of hydrogen-bond donors (Lipinski definition) is 2. The number of carbonyl (C=O) groups is 2. The van der Waals surface area contributed by atoms with Crippen LogP contribution in [0.15, 0.2) is 9.59 Å². The Kier molecular flexibility index (Phi) is 6.35. The van der Waals surface area contributed by atoms with Crippen molar-refractivity contribution in [3.05, 3.63) is 20.8 Å². The van der Waals surface area contributed by atoms with Crippen molar-refractivity contribution < 1.29 is 9.59 Å². The smallest absolute Gasteiger partial charge is 0.330 e. The molecule has 3 N–H and O–H groups in total. The molecule has 2 amide bonds. The number of aromatic amines is 1. The predicted octanol–water partition coefficient (Wildman–Crippen LogP) is 1.36. The maximum atomic E-state index is 13.6. The van der Waals surface area contributed by atoms with E-state index in [0.29, 0.717) is 38.1 Å². The lowest BCUT2D eigenvalue weighted by Crippen LogP contribution is -2.53. The van der Waals surface area contributed by atoms with Crippen LogP contribution < -0.4 is 21.9 Å². The van der Waals surface area contributed by atoms with Gasteiger partial charge in [0.1, 0.15) is 11.9 Å². The van der Waals surface area contributed by atoms with E-state index in [0.717, 1.165) is 6.42 Å². The van der Waals surface area contributed by atoms with Crippen LogP contribution in [0, 0.1) is 5.92 Å². The molecule has 0 radical (unpaired) electrons. The van der Waals surface area contributed by atoms with Crippen LogP contribution in [0.25, 0.3) is 0 Å². The summed E-state index contributed by atoms with van der Waals surface area (Å²) < 4.78 is 1.31. The first kappa shape index (κ1) is 22.5. The third kappa shape index (κ3) is 3.89. The maximum absolute atomic E-state index is 13.6.